The lowest BCUT2D eigenvalue weighted by molar-refractivity contribution is 0.628. The Hall–Kier alpha value is -2.23. The lowest BCUT2D eigenvalue weighted by Gasteiger charge is -2.36. The normalized spacial score (nSPS) is 19.1. The zero-order valence-corrected chi connectivity index (χ0v) is 19.8. The molecule has 5 rings (SSSR count). The van der Waals surface area contributed by atoms with Gasteiger partial charge >= 0.3 is 0 Å². The van der Waals surface area contributed by atoms with Crippen LogP contribution in [-0.2, 0) is 0 Å². The van der Waals surface area contributed by atoms with Crippen molar-refractivity contribution in [2.24, 2.45) is 0 Å². The Morgan fingerprint density at radius 2 is 1.78 bits per heavy atom. The van der Waals surface area contributed by atoms with Gasteiger partial charge in [0.1, 0.15) is 11.6 Å². The van der Waals surface area contributed by atoms with Gasteiger partial charge in [-0.25, -0.2) is 9.37 Å². The Kier molecular flexibility index (Phi) is 6.05. The summed E-state index contributed by atoms with van der Waals surface area (Å²) in [5.41, 5.74) is 1.51. The van der Waals surface area contributed by atoms with Gasteiger partial charge in [-0.15, -0.1) is 0 Å². The number of rotatable bonds is 4. The molecule has 0 radical (unpaired) electrons. The molecule has 168 valence electrons. The number of hydrogen-bond donors (Lipinski definition) is 0. The fourth-order valence-corrected chi connectivity index (χ4v) is 5.21. The van der Waals surface area contributed by atoms with E-state index in [1.165, 1.54) is 6.07 Å². The molecule has 0 bridgehead atoms. The van der Waals surface area contributed by atoms with Crippen LogP contribution in [0.25, 0.3) is 11.3 Å². The third-order valence-electron chi connectivity index (χ3n) is 6.06. The van der Waals surface area contributed by atoms with Crippen molar-refractivity contribution < 1.29 is 4.39 Å². The van der Waals surface area contributed by atoms with Crippen molar-refractivity contribution in [2.45, 2.75) is 25.8 Å². The average molecular weight is 494 g/mol. The summed E-state index contributed by atoms with van der Waals surface area (Å²) in [6.07, 6.45) is 2.24. The topological polar surface area (TPSA) is 61.3 Å². The maximum Gasteiger partial charge on any atom is 0.228 e. The standard InChI is InChI=1S/C21H22Cl2FN7S/c1-13-3-2-6-31(13)21-25-17(14-4-5-16(24)15(22)11-14)12-18(26-21)29-7-9-30(10-8-29)20-19(23)27-32-28-20/h4-5,11-13H,2-3,6-10H2,1H3. The van der Waals surface area contributed by atoms with Crippen molar-refractivity contribution in [1.29, 1.82) is 0 Å². The van der Waals surface area contributed by atoms with Gasteiger partial charge in [0.05, 0.1) is 22.4 Å². The fraction of sp³-hybridized carbons (Fsp3) is 0.429. The first-order valence-corrected chi connectivity index (χ1v) is 12.1. The van der Waals surface area contributed by atoms with Crippen LogP contribution in [0.4, 0.5) is 22.0 Å². The summed E-state index contributed by atoms with van der Waals surface area (Å²) in [7, 11) is 0. The van der Waals surface area contributed by atoms with E-state index in [2.05, 4.69) is 30.4 Å². The Morgan fingerprint density at radius 3 is 2.44 bits per heavy atom. The van der Waals surface area contributed by atoms with E-state index in [9.17, 15) is 4.39 Å². The van der Waals surface area contributed by atoms with Crippen molar-refractivity contribution in [3.63, 3.8) is 0 Å². The minimum absolute atomic E-state index is 0.0844. The molecule has 2 saturated heterocycles. The van der Waals surface area contributed by atoms with Crippen LogP contribution < -0.4 is 14.7 Å². The van der Waals surface area contributed by atoms with Crippen molar-refractivity contribution >= 4 is 52.5 Å². The van der Waals surface area contributed by atoms with Crippen LogP contribution >= 0.6 is 34.9 Å². The number of nitrogens with zero attached hydrogens (tertiary/aromatic N) is 7. The highest BCUT2D eigenvalue weighted by Gasteiger charge is 2.27. The van der Waals surface area contributed by atoms with Crippen LogP contribution in [-0.4, -0.2) is 57.5 Å². The lowest BCUT2D eigenvalue weighted by Crippen LogP contribution is -2.47. The quantitative estimate of drug-likeness (QED) is 0.519. The first-order valence-electron chi connectivity index (χ1n) is 10.6. The molecule has 2 aromatic heterocycles. The second-order valence-electron chi connectivity index (χ2n) is 8.08. The summed E-state index contributed by atoms with van der Waals surface area (Å²) in [4.78, 5) is 16.4. The first-order chi connectivity index (χ1) is 15.5. The smallest absolute Gasteiger partial charge is 0.228 e. The summed E-state index contributed by atoms with van der Waals surface area (Å²) >= 11 is 13.3. The molecule has 0 amide bonds. The average Bonchev–Trinajstić information content (AvgIpc) is 3.43. The zero-order valence-electron chi connectivity index (χ0n) is 17.5. The third-order valence-corrected chi connectivity index (χ3v) is 7.22. The predicted molar refractivity (Wildman–Crippen MR) is 128 cm³/mol. The highest BCUT2D eigenvalue weighted by atomic mass is 35.5. The van der Waals surface area contributed by atoms with Crippen LogP contribution in [0.2, 0.25) is 10.2 Å². The van der Waals surface area contributed by atoms with Crippen molar-refractivity contribution in [2.75, 3.05) is 47.4 Å². The molecular weight excluding hydrogens is 472 g/mol. The molecule has 7 nitrogen and oxygen atoms in total. The van der Waals surface area contributed by atoms with E-state index in [-0.39, 0.29) is 5.02 Å². The number of piperazine rings is 1. The molecule has 2 fully saturated rings. The summed E-state index contributed by atoms with van der Waals surface area (Å²) in [5.74, 6) is 1.86. The van der Waals surface area contributed by atoms with Crippen LogP contribution in [0.1, 0.15) is 19.8 Å². The summed E-state index contributed by atoms with van der Waals surface area (Å²) in [6.45, 7) is 6.19. The van der Waals surface area contributed by atoms with Crippen molar-refractivity contribution in [3.8, 4) is 11.3 Å². The first kappa shape index (κ1) is 21.6. The highest BCUT2D eigenvalue weighted by Crippen LogP contribution is 2.31. The highest BCUT2D eigenvalue weighted by molar-refractivity contribution is 6.99. The van der Waals surface area contributed by atoms with E-state index in [1.54, 1.807) is 12.1 Å². The number of benzene rings is 1. The minimum atomic E-state index is -0.440. The monoisotopic (exact) mass is 493 g/mol. The molecule has 0 aliphatic carbocycles. The Bertz CT molecular complexity index is 1120. The van der Waals surface area contributed by atoms with Crippen molar-refractivity contribution in [3.05, 3.63) is 40.3 Å². The maximum absolute atomic E-state index is 13.7. The number of anilines is 3. The molecule has 3 aromatic rings. The van der Waals surface area contributed by atoms with Crippen LogP contribution in [0.15, 0.2) is 24.3 Å². The number of aromatic nitrogens is 4. The lowest BCUT2D eigenvalue weighted by atomic mass is 10.1. The summed E-state index contributed by atoms with van der Waals surface area (Å²) in [6, 6.07) is 7.05. The zero-order chi connectivity index (χ0) is 22.2. The molecule has 4 heterocycles. The van der Waals surface area contributed by atoms with Gasteiger partial charge in [-0.1, -0.05) is 23.2 Å². The summed E-state index contributed by atoms with van der Waals surface area (Å²) < 4.78 is 22.1. The van der Waals surface area contributed by atoms with Gasteiger partial charge in [0.15, 0.2) is 11.0 Å². The minimum Gasteiger partial charge on any atom is -0.353 e. The van der Waals surface area contributed by atoms with Crippen LogP contribution in [0.5, 0.6) is 0 Å². The van der Waals surface area contributed by atoms with Crippen molar-refractivity contribution in [1.82, 2.24) is 18.7 Å². The van der Waals surface area contributed by atoms with E-state index in [0.717, 1.165) is 80.2 Å². The third kappa shape index (κ3) is 4.21. The summed E-state index contributed by atoms with van der Waals surface area (Å²) in [5, 5.41) is 0.535. The van der Waals surface area contributed by atoms with Crippen LogP contribution in [0, 0.1) is 5.82 Å². The molecule has 1 aromatic carbocycles. The number of halogens is 3. The second kappa shape index (κ2) is 8.96. The van der Waals surface area contributed by atoms with E-state index < -0.39 is 5.82 Å². The Morgan fingerprint density at radius 1 is 1.00 bits per heavy atom. The molecule has 2 aliphatic rings. The van der Waals surface area contributed by atoms with Crippen LogP contribution in [0.3, 0.4) is 0 Å². The van der Waals surface area contributed by atoms with Gasteiger partial charge < -0.3 is 14.7 Å². The van der Waals surface area contributed by atoms with Gasteiger partial charge in [0, 0.05) is 50.4 Å². The Balaban J connectivity index is 1.46. The molecule has 0 spiro atoms. The maximum atomic E-state index is 13.7. The fourth-order valence-electron chi connectivity index (χ4n) is 4.26. The van der Waals surface area contributed by atoms with Gasteiger partial charge in [0.2, 0.25) is 5.95 Å². The SMILES string of the molecule is CC1CCCN1c1nc(-c2ccc(F)c(Cl)c2)cc(N2CCN(c3nsnc3Cl)CC2)n1. The van der Waals surface area contributed by atoms with Gasteiger partial charge in [-0.05, 0) is 38.0 Å². The molecule has 11 heteroatoms. The number of hydrogen-bond acceptors (Lipinski definition) is 8. The van der Waals surface area contributed by atoms with E-state index in [1.807, 2.05) is 6.07 Å². The molecule has 0 saturated carbocycles. The van der Waals surface area contributed by atoms with E-state index in [4.69, 9.17) is 33.2 Å². The van der Waals surface area contributed by atoms with Gasteiger partial charge in [-0.2, -0.15) is 13.7 Å². The van der Waals surface area contributed by atoms with E-state index in [0.29, 0.717) is 17.1 Å². The molecule has 1 atom stereocenters. The van der Waals surface area contributed by atoms with E-state index >= 15 is 0 Å². The molecule has 2 aliphatic heterocycles. The Labute approximate surface area is 200 Å². The molecule has 1 unspecified atom stereocenters. The largest absolute Gasteiger partial charge is 0.353 e. The molecule has 0 N–H and O–H groups in total. The van der Waals surface area contributed by atoms with Gasteiger partial charge in [0.25, 0.3) is 0 Å². The second-order valence-corrected chi connectivity index (χ2v) is 9.37. The molecular formula is C21H22Cl2FN7S. The van der Waals surface area contributed by atoms with Gasteiger partial charge in [-0.3, -0.25) is 0 Å². The predicted octanol–water partition coefficient (Wildman–Crippen LogP) is 4.76. The molecule has 32 heavy (non-hydrogen) atoms.